The molecule has 0 saturated heterocycles. The van der Waals surface area contributed by atoms with Crippen molar-refractivity contribution in [3.8, 4) is 17.2 Å². The van der Waals surface area contributed by atoms with Crippen LogP contribution < -0.4 is 14.8 Å². The van der Waals surface area contributed by atoms with Crippen molar-refractivity contribution >= 4 is 11.6 Å². The first-order valence-electron chi connectivity index (χ1n) is 9.52. The molecule has 0 radical (unpaired) electrons. The van der Waals surface area contributed by atoms with Crippen LogP contribution in [-0.4, -0.2) is 29.5 Å². The van der Waals surface area contributed by atoms with Crippen molar-refractivity contribution in [2.24, 2.45) is 0 Å². The highest BCUT2D eigenvalue weighted by Gasteiger charge is 2.13. The molecule has 4 rings (SSSR count). The molecule has 0 aliphatic carbocycles. The van der Waals surface area contributed by atoms with Gasteiger partial charge < -0.3 is 14.8 Å². The summed E-state index contributed by atoms with van der Waals surface area (Å²) in [5.41, 5.74) is 5.68. The number of benzene rings is 2. The maximum Gasteiger partial charge on any atom is 0.161 e. The SMILES string of the molecule is Cc1nn(-c2ccc(Cl)cc2)c(C)c1CNCCc1ccc2c(c1)OCCO2. The second-order valence-electron chi connectivity index (χ2n) is 6.94. The van der Waals surface area contributed by atoms with Gasteiger partial charge >= 0.3 is 0 Å². The molecule has 28 heavy (non-hydrogen) atoms. The summed E-state index contributed by atoms with van der Waals surface area (Å²) in [6, 6.07) is 13.9. The Morgan fingerprint density at radius 2 is 1.79 bits per heavy atom. The van der Waals surface area contributed by atoms with Crippen LogP contribution in [0, 0.1) is 13.8 Å². The van der Waals surface area contributed by atoms with Gasteiger partial charge in [-0.3, -0.25) is 0 Å². The van der Waals surface area contributed by atoms with E-state index in [0.29, 0.717) is 13.2 Å². The van der Waals surface area contributed by atoms with Gasteiger partial charge in [0.2, 0.25) is 0 Å². The Kier molecular flexibility index (Phi) is 5.55. The van der Waals surface area contributed by atoms with E-state index >= 15 is 0 Å². The van der Waals surface area contributed by atoms with Gasteiger partial charge in [0.15, 0.2) is 11.5 Å². The Balaban J connectivity index is 1.37. The van der Waals surface area contributed by atoms with E-state index in [4.69, 9.17) is 26.2 Å². The topological polar surface area (TPSA) is 48.3 Å². The lowest BCUT2D eigenvalue weighted by molar-refractivity contribution is 0.171. The van der Waals surface area contributed by atoms with E-state index in [9.17, 15) is 0 Å². The molecule has 0 spiro atoms. The molecule has 0 bridgehead atoms. The lowest BCUT2D eigenvalue weighted by Gasteiger charge is -2.18. The van der Waals surface area contributed by atoms with E-state index in [-0.39, 0.29) is 0 Å². The van der Waals surface area contributed by atoms with Crippen molar-refractivity contribution in [1.82, 2.24) is 15.1 Å². The van der Waals surface area contributed by atoms with Gasteiger partial charge in [0, 0.05) is 22.8 Å². The molecule has 1 N–H and O–H groups in total. The second-order valence-corrected chi connectivity index (χ2v) is 7.38. The molecule has 1 aliphatic rings. The number of nitrogens with zero attached hydrogens (tertiary/aromatic N) is 2. The Morgan fingerprint density at radius 3 is 2.57 bits per heavy atom. The molecule has 0 saturated carbocycles. The van der Waals surface area contributed by atoms with Crippen LogP contribution in [0.4, 0.5) is 0 Å². The summed E-state index contributed by atoms with van der Waals surface area (Å²) in [6.45, 7) is 7.06. The van der Waals surface area contributed by atoms with Crippen LogP contribution in [0.3, 0.4) is 0 Å². The Bertz CT molecular complexity index is 967. The monoisotopic (exact) mass is 397 g/mol. The van der Waals surface area contributed by atoms with Gasteiger partial charge in [0.05, 0.1) is 11.4 Å². The predicted molar refractivity (Wildman–Crippen MR) is 111 cm³/mol. The Hall–Kier alpha value is -2.50. The molecule has 0 fully saturated rings. The smallest absolute Gasteiger partial charge is 0.161 e. The van der Waals surface area contributed by atoms with Crippen LogP contribution in [0.2, 0.25) is 5.02 Å². The van der Waals surface area contributed by atoms with E-state index in [1.807, 2.05) is 35.0 Å². The number of aryl methyl sites for hydroxylation is 1. The molecule has 2 heterocycles. The van der Waals surface area contributed by atoms with Crippen LogP contribution in [-0.2, 0) is 13.0 Å². The van der Waals surface area contributed by atoms with Crippen LogP contribution in [0.1, 0.15) is 22.5 Å². The van der Waals surface area contributed by atoms with Crippen LogP contribution in [0.15, 0.2) is 42.5 Å². The molecule has 3 aromatic rings. The zero-order valence-electron chi connectivity index (χ0n) is 16.2. The summed E-state index contributed by atoms with van der Waals surface area (Å²) in [5.74, 6) is 1.68. The van der Waals surface area contributed by atoms with Gasteiger partial charge in [-0.1, -0.05) is 17.7 Å². The van der Waals surface area contributed by atoms with Crippen molar-refractivity contribution in [2.75, 3.05) is 19.8 Å². The zero-order chi connectivity index (χ0) is 19.5. The number of rotatable bonds is 6. The number of hydrogen-bond acceptors (Lipinski definition) is 4. The first-order chi connectivity index (χ1) is 13.6. The maximum atomic E-state index is 6.00. The molecular weight excluding hydrogens is 374 g/mol. The summed E-state index contributed by atoms with van der Waals surface area (Å²) >= 11 is 6.00. The van der Waals surface area contributed by atoms with E-state index in [0.717, 1.165) is 53.1 Å². The van der Waals surface area contributed by atoms with Crippen molar-refractivity contribution in [3.05, 3.63) is 70.0 Å². The summed E-state index contributed by atoms with van der Waals surface area (Å²) < 4.78 is 13.2. The van der Waals surface area contributed by atoms with Gasteiger partial charge in [-0.05, 0) is 68.8 Å². The van der Waals surface area contributed by atoms with Gasteiger partial charge in [-0.2, -0.15) is 5.10 Å². The summed E-state index contributed by atoms with van der Waals surface area (Å²) in [7, 11) is 0. The normalized spacial score (nSPS) is 13.0. The maximum absolute atomic E-state index is 6.00. The Labute approximate surface area is 170 Å². The lowest BCUT2D eigenvalue weighted by atomic mass is 10.1. The number of nitrogens with one attached hydrogen (secondary N) is 1. The van der Waals surface area contributed by atoms with Gasteiger partial charge in [0.1, 0.15) is 13.2 Å². The zero-order valence-corrected chi connectivity index (χ0v) is 16.9. The fourth-order valence-electron chi connectivity index (χ4n) is 3.45. The van der Waals surface area contributed by atoms with E-state index in [1.165, 1.54) is 11.1 Å². The highest BCUT2D eigenvalue weighted by molar-refractivity contribution is 6.30. The standard InChI is InChI=1S/C22H24ClN3O2/c1-15-20(16(2)26(25-15)19-6-4-18(23)5-7-19)14-24-10-9-17-3-8-21-22(13-17)28-12-11-27-21/h3-8,13,24H,9-12,14H2,1-2H3. The molecule has 1 aliphatic heterocycles. The molecule has 146 valence electrons. The predicted octanol–water partition coefficient (Wildman–Crippen LogP) is 4.25. The fourth-order valence-corrected chi connectivity index (χ4v) is 3.58. The third-order valence-electron chi connectivity index (χ3n) is 5.01. The largest absolute Gasteiger partial charge is 0.486 e. The third-order valence-corrected chi connectivity index (χ3v) is 5.26. The number of aromatic nitrogens is 2. The number of fused-ring (bicyclic) bond motifs is 1. The average molecular weight is 398 g/mol. The van der Waals surface area contributed by atoms with E-state index < -0.39 is 0 Å². The minimum Gasteiger partial charge on any atom is -0.486 e. The highest BCUT2D eigenvalue weighted by atomic mass is 35.5. The highest BCUT2D eigenvalue weighted by Crippen LogP contribution is 2.30. The number of hydrogen-bond donors (Lipinski definition) is 1. The molecule has 1 aromatic heterocycles. The van der Waals surface area contributed by atoms with Crippen molar-refractivity contribution in [3.63, 3.8) is 0 Å². The van der Waals surface area contributed by atoms with Gasteiger partial charge in [0.25, 0.3) is 0 Å². The summed E-state index contributed by atoms with van der Waals surface area (Å²) in [6.07, 6.45) is 0.931. The number of ether oxygens (including phenoxy) is 2. The van der Waals surface area contributed by atoms with Gasteiger partial charge in [-0.25, -0.2) is 4.68 Å². The molecule has 6 heteroatoms. The van der Waals surface area contributed by atoms with Gasteiger partial charge in [-0.15, -0.1) is 0 Å². The summed E-state index contributed by atoms with van der Waals surface area (Å²) in [5, 5.41) is 8.97. The third kappa shape index (κ3) is 4.01. The lowest BCUT2D eigenvalue weighted by Crippen LogP contribution is -2.18. The molecule has 5 nitrogen and oxygen atoms in total. The van der Waals surface area contributed by atoms with Crippen LogP contribution in [0.5, 0.6) is 11.5 Å². The van der Waals surface area contributed by atoms with E-state index in [2.05, 4.69) is 31.3 Å². The fraction of sp³-hybridized carbons (Fsp3) is 0.318. The number of halogens is 1. The minimum absolute atomic E-state index is 0.616. The molecular formula is C22H24ClN3O2. The molecule has 0 amide bonds. The van der Waals surface area contributed by atoms with E-state index in [1.54, 1.807) is 0 Å². The second kappa shape index (κ2) is 8.25. The molecule has 0 atom stereocenters. The van der Waals surface area contributed by atoms with Crippen LogP contribution >= 0.6 is 11.6 Å². The first kappa shape index (κ1) is 18.8. The van der Waals surface area contributed by atoms with Crippen LogP contribution in [0.25, 0.3) is 5.69 Å². The first-order valence-corrected chi connectivity index (χ1v) is 9.90. The van der Waals surface area contributed by atoms with Crippen molar-refractivity contribution < 1.29 is 9.47 Å². The summed E-state index contributed by atoms with van der Waals surface area (Å²) in [4.78, 5) is 0. The Morgan fingerprint density at radius 1 is 1.04 bits per heavy atom. The molecule has 2 aromatic carbocycles. The van der Waals surface area contributed by atoms with Crippen molar-refractivity contribution in [1.29, 1.82) is 0 Å². The average Bonchev–Trinajstić information content (AvgIpc) is 2.99. The minimum atomic E-state index is 0.616. The van der Waals surface area contributed by atoms with Crippen molar-refractivity contribution in [2.45, 2.75) is 26.8 Å². The quantitative estimate of drug-likeness (QED) is 0.632. The molecule has 0 unspecified atom stereocenters.